The van der Waals surface area contributed by atoms with Gasteiger partial charge in [-0.15, -0.1) is 0 Å². The Morgan fingerprint density at radius 3 is 2.50 bits per heavy atom. The van der Waals surface area contributed by atoms with Crippen LogP contribution >= 0.6 is 11.6 Å². The number of benzene rings is 2. The third-order valence-corrected chi connectivity index (χ3v) is 2.40. The smallest absolute Gasteiger partial charge is 0.143 e. The van der Waals surface area contributed by atoms with E-state index in [0.717, 1.165) is 5.69 Å². The molecule has 0 bridgehead atoms. The zero-order valence-electron chi connectivity index (χ0n) is 8.37. The third-order valence-electron chi connectivity index (χ3n) is 2.09. The van der Waals surface area contributed by atoms with Gasteiger partial charge in [-0.1, -0.05) is 17.7 Å². The SMILES string of the molecule is Nc1cccc(Nc2ccc(Cl)c(F)c2)c1. The Morgan fingerprint density at radius 2 is 1.81 bits per heavy atom. The van der Waals surface area contributed by atoms with Gasteiger partial charge in [0.1, 0.15) is 5.82 Å². The predicted octanol–water partition coefficient (Wildman–Crippen LogP) is 3.80. The summed E-state index contributed by atoms with van der Waals surface area (Å²) in [6.07, 6.45) is 0. The molecule has 4 heteroatoms. The molecule has 0 fully saturated rings. The Hall–Kier alpha value is -1.74. The molecule has 0 radical (unpaired) electrons. The van der Waals surface area contributed by atoms with Crippen LogP contribution in [0.2, 0.25) is 5.02 Å². The van der Waals surface area contributed by atoms with Gasteiger partial charge in [0.05, 0.1) is 5.02 Å². The molecule has 0 atom stereocenters. The summed E-state index contributed by atoms with van der Waals surface area (Å²) in [4.78, 5) is 0. The van der Waals surface area contributed by atoms with E-state index < -0.39 is 5.82 Å². The molecule has 0 aromatic heterocycles. The minimum absolute atomic E-state index is 0.109. The van der Waals surface area contributed by atoms with Gasteiger partial charge in [0.25, 0.3) is 0 Å². The van der Waals surface area contributed by atoms with Crippen LogP contribution in [0.3, 0.4) is 0 Å². The van der Waals surface area contributed by atoms with Crippen molar-refractivity contribution in [3.05, 3.63) is 53.3 Å². The van der Waals surface area contributed by atoms with E-state index in [1.807, 2.05) is 12.1 Å². The molecule has 16 heavy (non-hydrogen) atoms. The van der Waals surface area contributed by atoms with Crippen molar-refractivity contribution in [2.75, 3.05) is 11.1 Å². The molecule has 2 rings (SSSR count). The van der Waals surface area contributed by atoms with E-state index >= 15 is 0 Å². The van der Waals surface area contributed by atoms with Crippen molar-refractivity contribution in [3.63, 3.8) is 0 Å². The maximum absolute atomic E-state index is 13.2. The van der Waals surface area contributed by atoms with E-state index in [4.69, 9.17) is 17.3 Å². The monoisotopic (exact) mass is 236 g/mol. The van der Waals surface area contributed by atoms with Gasteiger partial charge in [0.15, 0.2) is 0 Å². The van der Waals surface area contributed by atoms with Crippen molar-refractivity contribution in [3.8, 4) is 0 Å². The summed E-state index contributed by atoms with van der Waals surface area (Å²) in [5.74, 6) is -0.449. The fourth-order valence-electron chi connectivity index (χ4n) is 1.36. The molecule has 3 N–H and O–H groups in total. The first-order valence-corrected chi connectivity index (χ1v) is 5.10. The molecule has 0 unspecified atom stereocenters. The first-order chi connectivity index (χ1) is 7.65. The average Bonchev–Trinajstić information content (AvgIpc) is 2.24. The van der Waals surface area contributed by atoms with Gasteiger partial charge in [0, 0.05) is 17.1 Å². The Labute approximate surface area is 97.8 Å². The predicted molar refractivity (Wildman–Crippen MR) is 65.5 cm³/mol. The van der Waals surface area contributed by atoms with Gasteiger partial charge in [-0.2, -0.15) is 0 Å². The van der Waals surface area contributed by atoms with Crippen LogP contribution in [0.4, 0.5) is 21.5 Å². The van der Waals surface area contributed by atoms with Crippen molar-refractivity contribution in [1.29, 1.82) is 0 Å². The number of anilines is 3. The number of nitrogens with two attached hydrogens (primary N) is 1. The molecule has 0 aliphatic rings. The van der Waals surface area contributed by atoms with Gasteiger partial charge in [-0.25, -0.2) is 4.39 Å². The molecule has 0 spiro atoms. The summed E-state index contributed by atoms with van der Waals surface area (Å²) in [5, 5.41) is 3.14. The number of rotatable bonds is 2. The van der Waals surface area contributed by atoms with E-state index in [0.29, 0.717) is 11.4 Å². The molecule has 0 aliphatic heterocycles. The third kappa shape index (κ3) is 2.44. The Balaban J connectivity index is 2.24. The van der Waals surface area contributed by atoms with E-state index in [-0.39, 0.29) is 5.02 Å². The lowest BCUT2D eigenvalue weighted by molar-refractivity contribution is 0.629. The van der Waals surface area contributed by atoms with Crippen molar-refractivity contribution in [2.24, 2.45) is 0 Å². The van der Waals surface area contributed by atoms with Gasteiger partial charge < -0.3 is 11.1 Å². The molecule has 0 saturated carbocycles. The molecule has 0 aliphatic carbocycles. The van der Waals surface area contributed by atoms with Crippen molar-refractivity contribution in [2.45, 2.75) is 0 Å². The van der Waals surface area contributed by atoms with Crippen molar-refractivity contribution >= 4 is 28.7 Å². The Bertz CT molecular complexity index is 514. The standard InChI is InChI=1S/C12H10ClFN2/c13-11-5-4-10(7-12(11)14)16-9-3-1-2-8(15)6-9/h1-7,16H,15H2. The molecule has 82 valence electrons. The van der Waals surface area contributed by atoms with E-state index in [9.17, 15) is 4.39 Å². The van der Waals surface area contributed by atoms with Gasteiger partial charge >= 0.3 is 0 Å². The highest BCUT2D eigenvalue weighted by molar-refractivity contribution is 6.30. The summed E-state index contributed by atoms with van der Waals surface area (Å²) in [6, 6.07) is 11.8. The largest absolute Gasteiger partial charge is 0.399 e. The van der Waals surface area contributed by atoms with Crippen molar-refractivity contribution < 1.29 is 4.39 Å². The first kappa shape index (κ1) is 10.8. The number of hydrogen-bond donors (Lipinski definition) is 2. The highest BCUT2D eigenvalue weighted by atomic mass is 35.5. The number of hydrogen-bond acceptors (Lipinski definition) is 2. The lowest BCUT2D eigenvalue weighted by atomic mass is 10.2. The summed E-state index contributed by atoms with van der Waals surface area (Å²) in [7, 11) is 0. The maximum Gasteiger partial charge on any atom is 0.143 e. The number of nitrogen functional groups attached to an aromatic ring is 1. The summed E-state index contributed by atoms with van der Waals surface area (Å²) in [5.41, 5.74) is 7.72. The van der Waals surface area contributed by atoms with E-state index in [2.05, 4.69) is 5.32 Å². The molecule has 0 heterocycles. The number of nitrogens with one attached hydrogen (secondary N) is 1. The Kier molecular flexibility index (Phi) is 2.97. The zero-order chi connectivity index (χ0) is 11.5. The quantitative estimate of drug-likeness (QED) is 0.779. The second kappa shape index (κ2) is 4.41. The number of halogens is 2. The summed E-state index contributed by atoms with van der Waals surface area (Å²) >= 11 is 5.59. The first-order valence-electron chi connectivity index (χ1n) is 4.73. The zero-order valence-corrected chi connectivity index (χ0v) is 9.13. The second-order valence-electron chi connectivity index (χ2n) is 3.38. The van der Waals surface area contributed by atoms with E-state index in [1.165, 1.54) is 12.1 Å². The van der Waals surface area contributed by atoms with Crippen LogP contribution in [0.25, 0.3) is 0 Å². The minimum Gasteiger partial charge on any atom is -0.399 e. The highest BCUT2D eigenvalue weighted by Crippen LogP contribution is 2.22. The highest BCUT2D eigenvalue weighted by Gasteiger charge is 2.01. The van der Waals surface area contributed by atoms with Gasteiger partial charge in [-0.3, -0.25) is 0 Å². The fourth-order valence-corrected chi connectivity index (χ4v) is 1.47. The molecular weight excluding hydrogens is 227 g/mol. The average molecular weight is 237 g/mol. The van der Waals surface area contributed by atoms with Gasteiger partial charge in [-0.05, 0) is 36.4 Å². The normalized spacial score (nSPS) is 10.1. The molecule has 2 aromatic carbocycles. The topological polar surface area (TPSA) is 38.0 Å². The second-order valence-corrected chi connectivity index (χ2v) is 3.79. The van der Waals surface area contributed by atoms with Crippen LogP contribution in [0.5, 0.6) is 0 Å². The fraction of sp³-hybridized carbons (Fsp3) is 0. The van der Waals surface area contributed by atoms with Crippen LogP contribution < -0.4 is 11.1 Å². The maximum atomic E-state index is 13.2. The van der Waals surface area contributed by atoms with Crippen LogP contribution in [0.15, 0.2) is 42.5 Å². The lowest BCUT2D eigenvalue weighted by Crippen LogP contribution is -1.92. The molecule has 0 saturated heterocycles. The summed E-state index contributed by atoms with van der Waals surface area (Å²) in [6.45, 7) is 0. The lowest BCUT2D eigenvalue weighted by Gasteiger charge is -2.07. The van der Waals surface area contributed by atoms with Crippen LogP contribution in [-0.4, -0.2) is 0 Å². The molecule has 2 aromatic rings. The van der Waals surface area contributed by atoms with E-state index in [1.54, 1.807) is 18.2 Å². The van der Waals surface area contributed by atoms with Crippen LogP contribution in [0, 0.1) is 5.82 Å². The molecule has 0 amide bonds. The van der Waals surface area contributed by atoms with Crippen LogP contribution in [0.1, 0.15) is 0 Å². The van der Waals surface area contributed by atoms with Crippen LogP contribution in [-0.2, 0) is 0 Å². The van der Waals surface area contributed by atoms with Crippen molar-refractivity contribution in [1.82, 2.24) is 0 Å². The summed E-state index contributed by atoms with van der Waals surface area (Å²) < 4.78 is 13.2. The molecular formula is C12H10ClFN2. The van der Waals surface area contributed by atoms with Gasteiger partial charge in [0.2, 0.25) is 0 Å². The minimum atomic E-state index is -0.449. The molecule has 2 nitrogen and oxygen atoms in total. The Morgan fingerprint density at radius 1 is 1.06 bits per heavy atom.